The average Bonchev–Trinajstić information content (AvgIpc) is 3.07. The van der Waals surface area contributed by atoms with E-state index in [-0.39, 0.29) is 11.8 Å². The molecule has 0 radical (unpaired) electrons. The van der Waals surface area contributed by atoms with Crippen molar-refractivity contribution in [2.45, 2.75) is 12.8 Å². The number of ether oxygens (including phenoxy) is 2. The van der Waals surface area contributed by atoms with Crippen molar-refractivity contribution in [3.05, 3.63) is 0 Å². The molecule has 1 amide bonds. The highest BCUT2D eigenvalue weighted by Gasteiger charge is 2.48. The minimum Gasteiger partial charge on any atom is -0.481 e. The monoisotopic (exact) mass is 245 g/mol. The Kier molecular flexibility index (Phi) is 5.93. The van der Waals surface area contributed by atoms with Crippen molar-refractivity contribution in [1.29, 1.82) is 0 Å². The number of rotatable bonds is 9. The van der Waals surface area contributed by atoms with Crippen molar-refractivity contribution in [2.75, 3.05) is 33.5 Å². The number of nitrogens with one attached hydrogen (secondary N) is 1. The van der Waals surface area contributed by atoms with Crippen LogP contribution in [0.2, 0.25) is 0 Å². The van der Waals surface area contributed by atoms with Crippen molar-refractivity contribution in [2.24, 2.45) is 11.8 Å². The summed E-state index contributed by atoms with van der Waals surface area (Å²) in [6.07, 6.45) is 1.19. The van der Waals surface area contributed by atoms with Crippen LogP contribution in [0.4, 0.5) is 0 Å². The van der Waals surface area contributed by atoms with Gasteiger partial charge in [0.1, 0.15) is 0 Å². The molecule has 0 unspecified atom stereocenters. The van der Waals surface area contributed by atoms with Gasteiger partial charge in [-0.15, -0.1) is 0 Å². The second-order valence-corrected chi connectivity index (χ2v) is 4.04. The lowest BCUT2D eigenvalue weighted by Gasteiger charge is -2.05. The van der Waals surface area contributed by atoms with Crippen molar-refractivity contribution >= 4 is 11.9 Å². The third-order valence-corrected chi connectivity index (χ3v) is 2.64. The second kappa shape index (κ2) is 7.24. The van der Waals surface area contributed by atoms with Crippen LogP contribution in [-0.2, 0) is 19.1 Å². The van der Waals surface area contributed by atoms with Gasteiger partial charge in [-0.1, -0.05) is 0 Å². The van der Waals surface area contributed by atoms with E-state index in [1.807, 2.05) is 0 Å². The van der Waals surface area contributed by atoms with E-state index in [2.05, 4.69) is 5.32 Å². The summed E-state index contributed by atoms with van der Waals surface area (Å²) in [4.78, 5) is 22.0. The topological polar surface area (TPSA) is 84.9 Å². The third-order valence-electron chi connectivity index (χ3n) is 2.64. The van der Waals surface area contributed by atoms with Gasteiger partial charge < -0.3 is 19.9 Å². The molecule has 2 atom stereocenters. The van der Waals surface area contributed by atoms with Crippen molar-refractivity contribution in [1.82, 2.24) is 5.32 Å². The van der Waals surface area contributed by atoms with Crippen LogP contribution in [0.25, 0.3) is 0 Å². The Morgan fingerprint density at radius 3 is 2.65 bits per heavy atom. The highest BCUT2D eigenvalue weighted by molar-refractivity contribution is 5.89. The fraction of sp³-hybridized carbons (Fsp3) is 0.818. The molecule has 0 aromatic carbocycles. The molecule has 6 heteroatoms. The van der Waals surface area contributed by atoms with Crippen LogP contribution in [0.15, 0.2) is 0 Å². The van der Waals surface area contributed by atoms with Crippen LogP contribution < -0.4 is 5.32 Å². The van der Waals surface area contributed by atoms with Gasteiger partial charge in [0.05, 0.1) is 25.0 Å². The van der Waals surface area contributed by atoms with Crippen LogP contribution in [0.1, 0.15) is 12.8 Å². The molecule has 1 aliphatic carbocycles. The zero-order valence-electron chi connectivity index (χ0n) is 9.98. The van der Waals surface area contributed by atoms with Crippen LogP contribution in [0.5, 0.6) is 0 Å². The molecule has 0 bridgehead atoms. The van der Waals surface area contributed by atoms with Crippen molar-refractivity contribution < 1.29 is 24.2 Å². The number of methoxy groups -OCH3 is 1. The predicted molar refractivity (Wildman–Crippen MR) is 59.6 cm³/mol. The summed E-state index contributed by atoms with van der Waals surface area (Å²) in [5, 5.41) is 11.4. The number of hydrogen-bond acceptors (Lipinski definition) is 4. The maximum Gasteiger partial charge on any atom is 0.307 e. The molecule has 0 aliphatic heterocycles. The maximum atomic E-state index is 11.4. The molecule has 0 aromatic heterocycles. The number of carboxylic acid groups (broad SMARTS) is 1. The summed E-state index contributed by atoms with van der Waals surface area (Å²) in [6.45, 7) is 2.20. The first kappa shape index (κ1) is 13.9. The molecular formula is C11H19NO5. The standard InChI is InChI=1S/C11H19NO5/c1-16-5-6-17-4-2-3-12-10(13)8-7-9(8)11(14)15/h8-9H,2-7H2,1H3,(H,12,13)(H,14,15)/t8-,9+/m1/s1. The van der Waals surface area contributed by atoms with E-state index in [9.17, 15) is 9.59 Å². The van der Waals surface area contributed by atoms with Crippen LogP contribution in [0.3, 0.4) is 0 Å². The van der Waals surface area contributed by atoms with E-state index in [4.69, 9.17) is 14.6 Å². The molecule has 0 aromatic rings. The minimum atomic E-state index is -0.881. The van der Waals surface area contributed by atoms with Crippen molar-refractivity contribution in [3.63, 3.8) is 0 Å². The predicted octanol–water partition coefficient (Wildman–Crippen LogP) is -0.124. The lowest BCUT2D eigenvalue weighted by molar-refractivity contribution is -0.140. The SMILES string of the molecule is COCCOCCCNC(=O)[C@@H]1C[C@@H]1C(=O)O. The molecule has 1 aliphatic rings. The Labute approximate surface area is 100 Å². The molecule has 0 heterocycles. The number of aliphatic carboxylic acids is 1. The van der Waals surface area contributed by atoms with Gasteiger partial charge in [0.15, 0.2) is 0 Å². The van der Waals surface area contributed by atoms with E-state index in [1.54, 1.807) is 7.11 Å². The van der Waals surface area contributed by atoms with Gasteiger partial charge >= 0.3 is 5.97 Å². The number of carboxylic acids is 1. The second-order valence-electron chi connectivity index (χ2n) is 4.04. The van der Waals surface area contributed by atoms with Crippen LogP contribution >= 0.6 is 0 Å². The Bertz CT molecular complexity index is 269. The molecule has 1 saturated carbocycles. The van der Waals surface area contributed by atoms with E-state index in [0.29, 0.717) is 32.8 Å². The highest BCUT2D eigenvalue weighted by atomic mass is 16.5. The summed E-state index contributed by atoms with van der Waals surface area (Å²) in [7, 11) is 1.61. The number of amides is 1. The molecule has 1 rings (SSSR count). The molecule has 17 heavy (non-hydrogen) atoms. The van der Waals surface area contributed by atoms with E-state index in [0.717, 1.165) is 6.42 Å². The molecule has 1 fully saturated rings. The summed E-state index contributed by atoms with van der Waals surface area (Å²) in [5.74, 6) is -1.85. The lowest BCUT2D eigenvalue weighted by atomic mass is 10.3. The number of hydrogen-bond donors (Lipinski definition) is 2. The molecule has 98 valence electrons. The molecular weight excluding hydrogens is 226 g/mol. The Morgan fingerprint density at radius 2 is 2.06 bits per heavy atom. The first-order valence-corrected chi connectivity index (χ1v) is 5.74. The van der Waals surface area contributed by atoms with Gasteiger partial charge in [0, 0.05) is 20.3 Å². The zero-order valence-corrected chi connectivity index (χ0v) is 9.98. The van der Waals surface area contributed by atoms with Gasteiger partial charge in [0.25, 0.3) is 0 Å². The van der Waals surface area contributed by atoms with Crippen LogP contribution in [0, 0.1) is 11.8 Å². The zero-order chi connectivity index (χ0) is 12.7. The molecule has 2 N–H and O–H groups in total. The van der Waals surface area contributed by atoms with E-state index >= 15 is 0 Å². The van der Waals surface area contributed by atoms with Gasteiger partial charge in [0.2, 0.25) is 5.91 Å². The smallest absolute Gasteiger partial charge is 0.307 e. The fourth-order valence-corrected chi connectivity index (χ4v) is 1.52. The fourth-order valence-electron chi connectivity index (χ4n) is 1.52. The summed E-state index contributed by atoms with van der Waals surface area (Å²) in [6, 6.07) is 0. The summed E-state index contributed by atoms with van der Waals surface area (Å²) < 4.78 is 10.0. The van der Waals surface area contributed by atoms with Gasteiger partial charge in [-0.2, -0.15) is 0 Å². The number of carbonyl (C=O) groups is 2. The summed E-state index contributed by atoms with van der Waals surface area (Å²) >= 11 is 0. The van der Waals surface area contributed by atoms with Gasteiger partial charge in [-0.05, 0) is 12.8 Å². The Balaban J connectivity index is 1.93. The molecule has 0 saturated heterocycles. The number of carbonyl (C=O) groups excluding carboxylic acids is 1. The summed E-state index contributed by atoms with van der Waals surface area (Å²) in [5.41, 5.74) is 0. The minimum absolute atomic E-state index is 0.158. The maximum absolute atomic E-state index is 11.4. The van der Waals surface area contributed by atoms with Crippen molar-refractivity contribution in [3.8, 4) is 0 Å². The van der Waals surface area contributed by atoms with E-state index in [1.165, 1.54) is 0 Å². The average molecular weight is 245 g/mol. The first-order chi connectivity index (χ1) is 8.16. The van der Waals surface area contributed by atoms with Gasteiger partial charge in [-0.3, -0.25) is 9.59 Å². The molecule has 6 nitrogen and oxygen atoms in total. The quantitative estimate of drug-likeness (QED) is 0.553. The Hall–Kier alpha value is -1.14. The Morgan fingerprint density at radius 1 is 1.29 bits per heavy atom. The largest absolute Gasteiger partial charge is 0.481 e. The van der Waals surface area contributed by atoms with E-state index < -0.39 is 11.9 Å². The van der Waals surface area contributed by atoms with Gasteiger partial charge in [-0.25, -0.2) is 0 Å². The third kappa shape index (κ3) is 5.14. The van der Waals surface area contributed by atoms with Crippen LogP contribution in [-0.4, -0.2) is 50.5 Å². The first-order valence-electron chi connectivity index (χ1n) is 5.74. The lowest BCUT2D eigenvalue weighted by Crippen LogP contribution is -2.28. The molecule has 0 spiro atoms. The highest BCUT2D eigenvalue weighted by Crippen LogP contribution is 2.38. The normalized spacial score (nSPS) is 22.2.